The van der Waals surface area contributed by atoms with Crippen LogP contribution in [0.3, 0.4) is 0 Å². The first-order valence-corrected chi connectivity index (χ1v) is 7.46. The van der Waals surface area contributed by atoms with E-state index >= 15 is 0 Å². The van der Waals surface area contributed by atoms with Gasteiger partial charge < -0.3 is 14.7 Å². The van der Waals surface area contributed by atoms with Crippen molar-refractivity contribution in [2.24, 2.45) is 0 Å². The molecule has 0 aliphatic carbocycles. The molecule has 0 unspecified atom stereocenters. The van der Waals surface area contributed by atoms with Crippen molar-refractivity contribution < 1.29 is 24.0 Å². The van der Waals surface area contributed by atoms with Crippen LogP contribution < -0.4 is 0 Å². The topological polar surface area (TPSA) is 94.8 Å². The van der Waals surface area contributed by atoms with Gasteiger partial charge in [-0.25, -0.2) is 4.57 Å². The van der Waals surface area contributed by atoms with Gasteiger partial charge in [0.25, 0.3) is 0 Å². The van der Waals surface area contributed by atoms with Gasteiger partial charge in [0, 0.05) is 0 Å². The Kier molecular flexibility index (Phi) is 6.81. The first-order valence-electron chi connectivity index (χ1n) is 4.89. The average Bonchev–Trinajstić information content (AvgIpc) is 1.95. The van der Waals surface area contributed by atoms with Crippen molar-refractivity contribution in [3.05, 3.63) is 34.4 Å². The van der Waals surface area contributed by atoms with Gasteiger partial charge in [0.05, 0.1) is 0 Å². The largest absolute Gasteiger partial charge is 0.466 e. The van der Waals surface area contributed by atoms with Gasteiger partial charge in [-0.2, -0.15) is 0 Å². The fourth-order valence-corrected chi connectivity index (χ4v) is 2.52. The van der Waals surface area contributed by atoms with E-state index in [4.69, 9.17) is 19.2 Å². The van der Waals surface area contributed by atoms with E-state index in [1.807, 2.05) is 13.8 Å². The van der Waals surface area contributed by atoms with Crippen LogP contribution in [0.5, 0.6) is 0 Å². The van der Waals surface area contributed by atoms with Crippen LogP contribution in [-0.2, 0) is 4.57 Å². The Balaban J connectivity index is 0.000000437. The van der Waals surface area contributed by atoms with E-state index in [9.17, 15) is 4.79 Å². The molecule has 0 spiro atoms. The molecule has 0 saturated heterocycles. The fourth-order valence-electron chi connectivity index (χ4n) is 1.74. The van der Waals surface area contributed by atoms with E-state index in [1.165, 1.54) is 5.56 Å². The SMILES string of the molecule is Cc1cc(C)c([C](=O)[Na])c(C)c1.O=P(O)(O)O. The number of hydrogen-bond donors (Lipinski definition) is 3. The fraction of sp³-hybridized carbons (Fsp3) is 0.300. The molecule has 1 aromatic carbocycles. The van der Waals surface area contributed by atoms with Crippen LogP contribution in [0.4, 0.5) is 0 Å². The molecule has 5 nitrogen and oxygen atoms in total. The quantitative estimate of drug-likeness (QED) is 0.521. The summed E-state index contributed by atoms with van der Waals surface area (Å²) < 4.78 is 9.18. The minimum atomic E-state index is -4.64. The zero-order valence-corrected chi connectivity index (χ0v) is 13.2. The Morgan fingerprint density at radius 1 is 1.12 bits per heavy atom. The minimum absolute atomic E-state index is 0.296. The monoisotopic (exact) mass is 268 g/mol. The molecule has 1 rings (SSSR count). The van der Waals surface area contributed by atoms with Crippen LogP contribution in [0.25, 0.3) is 0 Å². The minimum Gasteiger partial charge on any atom is -0.303 e. The predicted octanol–water partition coefficient (Wildman–Crippen LogP) is 0.992. The molecule has 0 aliphatic heterocycles. The molecule has 90 valence electrons. The van der Waals surface area contributed by atoms with E-state index in [-0.39, 0.29) is 0 Å². The maximum Gasteiger partial charge on any atom is 0.466 e. The normalized spacial score (nSPS) is 10.6. The van der Waals surface area contributed by atoms with E-state index < -0.39 is 7.82 Å². The van der Waals surface area contributed by atoms with Gasteiger partial charge in [-0.05, 0) is 0 Å². The summed E-state index contributed by atoms with van der Waals surface area (Å²) in [5.74, 6) is 0. The third-order valence-electron chi connectivity index (χ3n) is 2.03. The summed E-state index contributed by atoms with van der Waals surface area (Å²) in [4.78, 5) is 32.8. The molecule has 0 aromatic heterocycles. The van der Waals surface area contributed by atoms with Crippen molar-refractivity contribution in [1.29, 1.82) is 0 Å². The molecular formula is C10H14NaO5P. The third kappa shape index (κ3) is 7.84. The number of carbonyl (C=O) groups is 1. The van der Waals surface area contributed by atoms with Gasteiger partial charge in [0.2, 0.25) is 0 Å². The van der Waals surface area contributed by atoms with Gasteiger partial charge in [0.1, 0.15) is 0 Å². The summed E-state index contributed by atoms with van der Waals surface area (Å²) in [6.07, 6.45) is 0. The zero-order chi connectivity index (χ0) is 13.8. The summed E-state index contributed by atoms with van der Waals surface area (Å²) in [7, 11) is -4.64. The number of carbonyl (C=O) groups excluding carboxylic acids is 1. The summed E-state index contributed by atoms with van der Waals surface area (Å²) in [5, 5.41) is 0. The summed E-state index contributed by atoms with van der Waals surface area (Å²) >= 11 is 0.613. The van der Waals surface area contributed by atoms with Crippen molar-refractivity contribution in [2.75, 3.05) is 0 Å². The second-order valence-electron chi connectivity index (χ2n) is 3.84. The van der Waals surface area contributed by atoms with Crippen molar-refractivity contribution in [3.63, 3.8) is 0 Å². The smallest absolute Gasteiger partial charge is 0.303 e. The summed E-state index contributed by atoms with van der Waals surface area (Å²) in [6, 6.07) is 4.14. The predicted molar refractivity (Wildman–Crippen MR) is 65.0 cm³/mol. The first-order chi connectivity index (χ1) is 7.52. The molecule has 3 N–H and O–H groups in total. The number of rotatable bonds is 1. The molecule has 0 atom stereocenters. The molecule has 1 aromatic rings. The van der Waals surface area contributed by atoms with Crippen molar-refractivity contribution in [2.45, 2.75) is 20.8 Å². The second kappa shape index (κ2) is 6.81. The molecule has 17 heavy (non-hydrogen) atoms. The van der Waals surface area contributed by atoms with E-state index in [0.29, 0.717) is 31.0 Å². The van der Waals surface area contributed by atoms with Crippen LogP contribution in [0.1, 0.15) is 27.0 Å². The van der Waals surface area contributed by atoms with E-state index in [2.05, 4.69) is 19.1 Å². The van der Waals surface area contributed by atoms with Crippen LogP contribution >= 0.6 is 7.82 Å². The summed E-state index contributed by atoms with van der Waals surface area (Å²) in [6.45, 7) is 6.07. The van der Waals surface area contributed by atoms with Gasteiger partial charge in [0.15, 0.2) is 0 Å². The zero-order valence-electron chi connectivity index (χ0n) is 10.3. The maximum absolute atomic E-state index is 11.3. The molecular weight excluding hydrogens is 254 g/mol. The maximum atomic E-state index is 11.3. The van der Waals surface area contributed by atoms with Crippen molar-refractivity contribution in [1.82, 2.24) is 0 Å². The van der Waals surface area contributed by atoms with E-state index in [1.54, 1.807) is 0 Å². The molecule has 0 radical (unpaired) electrons. The number of aryl methyl sites for hydroxylation is 3. The molecule has 0 amide bonds. The van der Waals surface area contributed by atoms with Gasteiger partial charge >= 0.3 is 98.7 Å². The molecule has 0 fully saturated rings. The summed E-state index contributed by atoms with van der Waals surface area (Å²) in [5.41, 5.74) is 4.41. The Hall–Kier alpha value is -0.000000000000000125. The number of hydrogen-bond acceptors (Lipinski definition) is 2. The molecule has 0 heterocycles. The third-order valence-corrected chi connectivity index (χ3v) is 2.53. The second-order valence-corrected chi connectivity index (χ2v) is 5.78. The molecule has 7 heteroatoms. The van der Waals surface area contributed by atoms with Gasteiger partial charge in [-0.15, -0.1) is 0 Å². The molecule has 0 aliphatic rings. The Labute approximate surface area is 118 Å². The van der Waals surface area contributed by atoms with Gasteiger partial charge in [-0.3, -0.25) is 0 Å². The standard InChI is InChI=1S/C10H11O.Na.H3O4P/c1-7-4-8(2)10(6-11)9(3)5-7;;1-5(2,3)4/h4-5H,1-3H3;;(H3,1,2,3,4). The van der Waals surface area contributed by atoms with Crippen molar-refractivity contribution >= 4 is 38.8 Å². The Morgan fingerprint density at radius 3 is 1.65 bits per heavy atom. The van der Waals surface area contributed by atoms with Gasteiger partial charge in [-0.1, -0.05) is 0 Å². The Bertz CT molecular complexity index is 434. The first kappa shape index (κ1) is 17.0. The molecule has 0 bridgehead atoms. The Morgan fingerprint density at radius 2 is 1.41 bits per heavy atom. The number of phosphoric acid groups is 1. The van der Waals surface area contributed by atoms with E-state index in [0.717, 1.165) is 16.7 Å². The van der Waals surface area contributed by atoms with Crippen LogP contribution in [0.2, 0.25) is 0 Å². The number of benzene rings is 1. The van der Waals surface area contributed by atoms with Crippen LogP contribution in [0.15, 0.2) is 12.1 Å². The van der Waals surface area contributed by atoms with Crippen LogP contribution in [-0.4, -0.2) is 45.6 Å². The molecule has 0 saturated carbocycles. The average molecular weight is 268 g/mol. The van der Waals surface area contributed by atoms with Crippen LogP contribution in [0, 0.1) is 20.8 Å². The van der Waals surface area contributed by atoms with Crippen molar-refractivity contribution in [3.8, 4) is 0 Å².